The molecule has 1 aromatic rings. The molecule has 2 rings (SSSR count). The summed E-state index contributed by atoms with van der Waals surface area (Å²) in [5.41, 5.74) is 3.90. The molecule has 1 aliphatic heterocycles. The average Bonchev–Trinajstić information content (AvgIpc) is 2.61. The molecule has 1 unspecified atom stereocenters. The molecule has 0 saturated heterocycles. The Balaban J connectivity index is 2.11. The van der Waals surface area contributed by atoms with Crippen LogP contribution in [0.1, 0.15) is 31.7 Å². The molecule has 1 heterocycles. The fraction of sp³-hybridized carbons (Fsp3) is 0.400. The van der Waals surface area contributed by atoms with E-state index in [1.807, 2.05) is 24.3 Å². The van der Waals surface area contributed by atoms with E-state index in [-0.39, 0.29) is 11.9 Å². The average molecular weight is 421 g/mol. The summed E-state index contributed by atoms with van der Waals surface area (Å²) in [6, 6.07) is 5.39. The first kappa shape index (κ1) is 21.0. The van der Waals surface area contributed by atoms with E-state index in [9.17, 15) is 10.1 Å². The number of phenols is 1. The predicted molar refractivity (Wildman–Crippen MR) is 110 cm³/mol. The Morgan fingerprint density at radius 2 is 2.27 bits per heavy atom. The van der Waals surface area contributed by atoms with Crippen LogP contribution in [0.2, 0.25) is 6.32 Å². The summed E-state index contributed by atoms with van der Waals surface area (Å²) in [6.07, 6.45) is 6.70. The number of aromatic hydroxyl groups is 1. The van der Waals surface area contributed by atoms with Gasteiger partial charge in [-0.3, -0.25) is 0 Å². The molecular formula is C20H26BBrO4. The molecule has 0 radical (unpaired) electrons. The minimum atomic E-state index is -0.776. The van der Waals surface area contributed by atoms with Gasteiger partial charge in [-0.2, -0.15) is 0 Å². The van der Waals surface area contributed by atoms with Crippen molar-refractivity contribution < 1.29 is 19.5 Å². The van der Waals surface area contributed by atoms with Gasteiger partial charge >= 0.3 is 7.12 Å². The third-order valence-corrected chi connectivity index (χ3v) is 4.96. The van der Waals surface area contributed by atoms with E-state index in [0.717, 1.165) is 40.4 Å². The lowest BCUT2D eigenvalue weighted by Crippen LogP contribution is -2.32. The van der Waals surface area contributed by atoms with Crippen LogP contribution >= 0.6 is 15.9 Å². The standard InChI is InChI=1S/C20H26BBrO4/c1-4-15(11-16-12-17(22)6-7-19(16)23)5-8-20-18(14(2)13-25-3)9-10-21(24)26-20/h6-7,9,11-12,20,23-24H,2,4-5,8,10,13H2,1,3H3/b15-11+. The Labute approximate surface area is 164 Å². The molecule has 6 heteroatoms. The lowest BCUT2D eigenvalue weighted by atomic mass is 9.78. The summed E-state index contributed by atoms with van der Waals surface area (Å²) < 4.78 is 11.8. The van der Waals surface area contributed by atoms with E-state index in [1.165, 1.54) is 5.57 Å². The Hall–Kier alpha value is -1.34. The molecule has 1 atom stereocenters. The van der Waals surface area contributed by atoms with Gasteiger partial charge in [-0.1, -0.05) is 47.2 Å². The molecule has 1 aliphatic rings. The van der Waals surface area contributed by atoms with Gasteiger partial charge in [-0.15, -0.1) is 0 Å². The summed E-state index contributed by atoms with van der Waals surface area (Å²) >= 11 is 3.44. The Morgan fingerprint density at radius 1 is 1.50 bits per heavy atom. The second-order valence-electron chi connectivity index (χ2n) is 6.41. The predicted octanol–water partition coefficient (Wildman–Crippen LogP) is 4.74. The molecule has 1 aromatic carbocycles. The summed E-state index contributed by atoms with van der Waals surface area (Å²) in [6.45, 7) is 6.62. The first-order valence-corrected chi connectivity index (χ1v) is 9.62. The second-order valence-corrected chi connectivity index (χ2v) is 7.32. The highest BCUT2D eigenvalue weighted by Gasteiger charge is 2.28. The first-order valence-electron chi connectivity index (χ1n) is 8.83. The number of methoxy groups -OCH3 is 1. The zero-order valence-corrected chi connectivity index (χ0v) is 17.0. The normalized spacial score (nSPS) is 18.0. The van der Waals surface area contributed by atoms with E-state index in [2.05, 4.69) is 29.4 Å². The molecule has 0 aromatic heterocycles. The SMILES string of the molecule is C=C(COC)C1=CCB(O)OC1CC/C(=C/c1cc(Br)ccc1O)CC. The number of rotatable bonds is 8. The molecule has 4 nitrogen and oxygen atoms in total. The van der Waals surface area contributed by atoms with Gasteiger partial charge in [-0.05, 0) is 48.6 Å². The molecule has 0 aliphatic carbocycles. The van der Waals surface area contributed by atoms with Crippen LogP contribution in [-0.4, -0.2) is 37.1 Å². The summed E-state index contributed by atoms with van der Waals surface area (Å²) in [5.74, 6) is 0.262. The minimum absolute atomic E-state index is 0.201. The van der Waals surface area contributed by atoms with Crippen molar-refractivity contribution in [1.29, 1.82) is 0 Å². The van der Waals surface area contributed by atoms with E-state index < -0.39 is 7.12 Å². The number of ether oxygens (including phenoxy) is 1. The van der Waals surface area contributed by atoms with Gasteiger partial charge in [0.1, 0.15) is 5.75 Å². The maximum Gasteiger partial charge on any atom is 0.458 e. The molecule has 0 amide bonds. The molecule has 26 heavy (non-hydrogen) atoms. The molecule has 2 N–H and O–H groups in total. The Bertz CT molecular complexity index is 699. The van der Waals surface area contributed by atoms with Crippen molar-refractivity contribution in [3.63, 3.8) is 0 Å². The summed E-state index contributed by atoms with van der Waals surface area (Å²) in [4.78, 5) is 0. The van der Waals surface area contributed by atoms with Gasteiger partial charge in [0.25, 0.3) is 0 Å². The van der Waals surface area contributed by atoms with Crippen LogP contribution in [0.25, 0.3) is 6.08 Å². The van der Waals surface area contributed by atoms with Crippen molar-refractivity contribution in [3.05, 3.63) is 57.6 Å². The van der Waals surface area contributed by atoms with Gasteiger partial charge in [0.15, 0.2) is 0 Å². The minimum Gasteiger partial charge on any atom is -0.507 e. The van der Waals surface area contributed by atoms with Gasteiger partial charge in [0.2, 0.25) is 0 Å². The lowest BCUT2D eigenvalue weighted by molar-refractivity contribution is 0.176. The highest BCUT2D eigenvalue weighted by atomic mass is 79.9. The van der Waals surface area contributed by atoms with E-state index in [4.69, 9.17) is 9.39 Å². The van der Waals surface area contributed by atoms with Gasteiger partial charge < -0.3 is 19.5 Å². The van der Waals surface area contributed by atoms with Crippen molar-refractivity contribution in [2.45, 2.75) is 38.6 Å². The zero-order valence-electron chi connectivity index (χ0n) is 15.4. The zero-order chi connectivity index (χ0) is 19.1. The van der Waals surface area contributed by atoms with Gasteiger partial charge in [0.05, 0.1) is 12.7 Å². The van der Waals surface area contributed by atoms with Crippen LogP contribution in [0.4, 0.5) is 0 Å². The van der Waals surface area contributed by atoms with Crippen LogP contribution in [0.15, 0.2) is 52.0 Å². The van der Waals surface area contributed by atoms with Crippen LogP contribution in [0, 0.1) is 0 Å². The number of hydrogen-bond donors (Lipinski definition) is 2. The maximum atomic E-state index is 10.0. The largest absolute Gasteiger partial charge is 0.507 e. The summed E-state index contributed by atoms with van der Waals surface area (Å²) in [5, 5.41) is 19.9. The van der Waals surface area contributed by atoms with Crippen LogP contribution in [-0.2, 0) is 9.39 Å². The van der Waals surface area contributed by atoms with E-state index in [1.54, 1.807) is 13.2 Å². The number of benzene rings is 1. The number of hydrogen-bond acceptors (Lipinski definition) is 4. The number of allylic oxidation sites excluding steroid dienone is 2. The van der Waals surface area contributed by atoms with Crippen LogP contribution in [0.3, 0.4) is 0 Å². The lowest BCUT2D eigenvalue weighted by Gasteiger charge is -2.28. The molecule has 0 spiro atoms. The number of phenolic OH excluding ortho intramolecular Hbond substituents is 1. The second kappa shape index (κ2) is 10.1. The van der Waals surface area contributed by atoms with Crippen molar-refractivity contribution in [2.24, 2.45) is 0 Å². The molecule has 140 valence electrons. The molecule has 0 fully saturated rings. The summed E-state index contributed by atoms with van der Waals surface area (Å²) in [7, 11) is 0.865. The van der Waals surface area contributed by atoms with Gasteiger partial charge in [-0.25, -0.2) is 0 Å². The van der Waals surface area contributed by atoms with E-state index >= 15 is 0 Å². The monoisotopic (exact) mass is 420 g/mol. The van der Waals surface area contributed by atoms with Crippen molar-refractivity contribution in [3.8, 4) is 5.75 Å². The molecule has 0 saturated carbocycles. The molecule has 0 bridgehead atoms. The van der Waals surface area contributed by atoms with Crippen molar-refractivity contribution in [1.82, 2.24) is 0 Å². The highest BCUT2D eigenvalue weighted by Crippen LogP contribution is 2.30. The molecular weight excluding hydrogens is 395 g/mol. The quantitative estimate of drug-likeness (QED) is 0.596. The van der Waals surface area contributed by atoms with E-state index in [0.29, 0.717) is 12.9 Å². The Morgan fingerprint density at radius 3 is 2.96 bits per heavy atom. The van der Waals surface area contributed by atoms with Gasteiger partial charge in [0, 0.05) is 23.5 Å². The Kier molecular flexibility index (Phi) is 8.16. The smallest absolute Gasteiger partial charge is 0.458 e. The fourth-order valence-corrected chi connectivity index (χ4v) is 3.44. The topological polar surface area (TPSA) is 58.9 Å². The third kappa shape index (κ3) is 5.84. The third-order valence-electron chi connectivity index (χ3n) is 4.47. The van der Waals surface area contributed by atoms with Crippen LogP contribution in [0.5, 0.6) is 5.75 Å². The van der Waals surface area contributed by atoms with Crippen molar-refractivity contribution >= 4 is 29.1 Å². The van der Waals surface area contributed by atoms with Crippen molar-refractivity contribution in [2.75, 3.05) is 13.7 Å². The fourth-order valence-electron chi connectivity index (χ4n) is 3.06. The first-order chi connectivity index (χ1) is 12.4. The van der Waals surface area contributed by atoms with Crippen LogP contribution < -0.4 is 0 Å². The highest BCUT2D eigenvalue weighted by molar-refractivity contribution is 9.10. The number of halogens is 1. The maximum absolute atomic E-state index is 10.0.